The van der Waals surface area contributed by atoms with Gasteiger partial charge in [-0.05, 0) is 98.2 Å². The second-order valence-electron chi connectivity index (χ2n) is 13.6. The van der Waals surface area contributed by atoms with Crippen LogP contribution in [-0.2, 0) is 14.3 Å². The fourth-order valence-electron chi connectivity index (χ4n) is 7.45. The molecule has 2 saturated carbocycles. The molecule has 0 saturated heterocycles. The van der Waals surface area contributed by atoms with Crippen molar-refractivity contribution in [3.8, 4) is 0 Å². The number of hydrogen-bond donors (Lipinski definition) is 1. The summed E-state index contributed by atoms with van der Waals surface area (Å²) in [6.07, 6.45) is 10.6. The molecule has 2 fully saturated rings. The van der Waals surface area contributed by atoms with E-state index in [1.165, 1.54) is 17.6 Å². The molecule has 0 bridgehead atoms. The normalized spacial score (nSPS) is 38.2. The van der Waals surface area contributed by atoms with Crippen LogP contribution in [0.5, 0.6) is 0 Å². The van der Waals surface area contributed by atoms with Gasteiger partial charge in [-0.3, -0.25) is 0 Å². The van der Waals surface area contributed by atoms with Crippen molar-refractivity contribution in [1.29, 1.82) is 0 Å². The molecule has 6 atom stereocenters. The van der Waals surface area contributed by atoms with Crippen molar-refractivity contribution < 1.29 is 18.0 Å². The fourth-order valence-corrected chi connectivity index (χ4v) is 10.9. The molecule has 1 heterocycles. The van der Waals surface area contributed by atoms with E-state index >= 15 is 0 Å². The third kappa shape index (κ3) is 4.66. The van der Waals surface area contributed by atoms with Crippen molar-refractivity contribution >= 4 is 18.2 Å². The van der Waals surface area contributed by atoms with E-state index in [1.807, 2.05) is 0 Å². The molecule has 34 heavy (non-hydrogen) atoms. The lowest BCUT2D eigenvalue weighted by Crippen LogP contribution is -2.44. The summed E-state index contributed by atoms with van der Waals surface area (Å²) in [6.45, 7) is 16.2. The minimum atomic E-state index is -3.18. The van der Waals surface area contributed by atoms with Crippen LogP contribution >= 0.6 is 0 Å². The van der Waals surface area contributed by atoms with Crippen molar-refractivity contribution in [3.05, 3.63) is 22.8 Å². The van der Waals surface area contributed by atoms with Crippen molar-refractivity contribution in [2.75, 3.05) is 12.4 Å². The smallest absolute Gasteiger partial charge is 0.192 e. The lowest BCUT2D eigenvalue weighted by molar-refractivity contribution is 0.0688. The van der Waals surface area contributed by atoms with Crippen LogP contribution in [0.2, 0.25) is 18.1 Å². The van der Waals surface area contributed by atoms with E-state index in [0.717, 1.165) is 50.5 Å². The van der Waals surface area contributed by atoms with Crippen molar-refractivity contribution in [3.63, 3.8) is 0 Å². The Bertz CT molecular complexity index is 957. The van der Waals surface area contributed by atoms with Gasteiger partial charge in [-0.15, -0.1) is 0 Å². The summed E-state index contributed by atoms with van der Waals surface area (Å²) in [4.78, 5) is 0. The van der Waals surface area contributed by atoms with Crippen molar-refractivity contribution in [2.45, 2.75) is 115 Å². The standard InChI is InChI=1S/C28H48O4SSi/c1-19(17-29)24-12-13-25-20(9-8-14-28(24,25)5)15-26-23-16-22(32-34(6,7)27(2,3)4)11-10-21(23)18-33(26,30)31/h15,19,22,24-26,29H,8-14,16-18H2,1-7H3. The maximum absolute atomic E-state index is 13.4. The van der Waals surface area contributed by atoms with E-state index in [0.29, 0.717) is 17.8 Å². The first-order chi connectivity index (χ1) is 15.7. The molecule has 3 aliphatic carbocycles. The number of hydrogen-bond acceptors (Lipinski definition) is 4. The highest BCUT2D eigenvalue weighted by atomic mass is 32.2. The van der Waals surface area contributed by atoms with Crippen LogP contribution in [0, 0.1) is 23.2 Å². The van der Waals surface area contributed by atoms with Crippen LogP contribution in [0.1, 0.15) is 86.0 Å². The summed E-state index contributed by atoms with van der Waals surface area (Å²) >= 11 is 0. The first kappa shape index (κ1) is 26.6. The summed E-state index contributed by atoms with van der Waals surface area (Å²) in [5, 5.41) is 9.55. The SMILES string of the molecule is CC(CO)C1CCC2C(=CC3C4=C(CCC(O[Si](C)(C)C(C)(C)C)C4)CS3(=O)=O)CCCC21C. The molecule has 4 rings (SSSR count). The Labute approximate surface area is 209 Å². The van der Waals surface area contributed by atoms with Crippen molar-refractivity contribution in [2.24, 2.45) is 23.2 Å². The Hall–Kier alpha value is -0.433. The van der Waals surface area contributed by atoms with E-state index in [2.05, 4.69) is 53.8 Å². The van der Waals surface area contributed by atoms with Crippen LogP contribution in [-0.4, -0.2) is 45.6 Å². The first-order valence-electron chi connectivity index (χ1n) is 13.6. The summed E-state index contributed by atoms with van der Waals surface area (Å²) in [5.74, 6) is 1.54. The first-order valence-corrected chi connectivity index (χ1v) is 18.2. The summed E-state index contributed by atoms with van der Waals surface area (Å²) in [7, 11) is -5.08. The molecule has 194 valence electrons. The van der Waals surface area contributed by atoms with E-state index in [-0.39, 0.29) is 28.9 Å². The molecule has 6 unspecified atom stereocenters. The predicted molar refractivity (Wildman–Crippen MR) is 143 cm³/mol. The average Bonchev–Trinajstić information content (AvgIpc) is 3.20. The van der Waals surface area contributed by atoms with Crippen LogP contribution in [0.15, 0.2) is 22.8 Å². The molecule has 0 aromatic carbocycles. The summed E-state index contributed by atoms with van der Waals surface area (Å²) < 4.78 is 33.5. The Morgan fingerprint density at radius 3 is 2.56 bits per heavy atom. The molecule has 0 aromatic heterocycles. The molecule has 0 amide bonds. The quantitative estimate of drug-likeness (QED) is 0.343. The zero-order chi connectivity index (χ0) is 25.1. The molecular formula is C28H48O4SSi. The number of fused-ring (bicyclic) bond motifs is 1. The molecular weight excluding hydrogens is 460 g/mol. The highest BCUT2D eigenvalue weighted by molar-refractivity contribution is 7.92. The lowest BCUT2D eigenvalue weighted by atomic mass is 9.61. The third-order valence-corrected chi connectivity index (χ3v) is 16.9. The van der Waals surface area contributed by atoms with Gasteiger partial charge in [0, 0.05) is 12.7 Å². The average molecular weight is 509 g/mol. The lowest BCUT2D eigenvalue weighted by Gasteiger charge is -2.44. The van der Waals surface area contributed by atoms with Gasteiger partial charge in [-0.25, -0.2) is 8.42 Å². The fraction of sp³-hybridized carbons (Fsp3) is 0.857. The molecule has 4 nitrogen and oxygen atoms in total. The highest BCUT2D eigenvalue weighted by Crippen LogP contribution is 2.59. The number of aliphatic hydroxyl groups is 1. The number of aliphatic hydroxyl groups excluding tert-OH is 1. The molecule has 0 radical (unpaired) electrons. The Morgan fingerprint density at radius 2 is 1.91 bits per heavy atom. The molecule has 1 N–H and O–H groups in total. The number of sulfone groups is 1. The van der Waals surface area contributed by atoms with Gasteiger partial charge in [0.15, 0.2) is 18.2 Å². The topological polar surface area (TPSA) is 63.6 Å². The second kappa shape index (κ2) is 9.15. The molecule has 6 heteroatoms. The van der Waals surface area contributed by atoms with Crippen LogP contribution in [0.4, 0.5) is 0 Å². The van der Waals surface area contributed by atoms with E-state index in [4.69, 9.17) is 4.43 Å². The van der Waals surface area contributed by atoms with E-state index in [9.17, 15) is 13.5 Å². The molecule has 4 aliphatic rings. The van der Waals surface area contributed by atoms with Gasteiger partial charge in [0.1, 0.15) is 5.25 Å². The maximum Gasteiger partial charge on any atom is 0.192 e. The van der Waals surface area contributed by atoms with Gasteiger partial charge in [-0.1, -0.05) is 51.8 Å². The van der Waals surface area contributed by atoms with Gasteiger partial charge in [0.05, 0.1) is 5.75 Å². The molecule has 0 spiro atoms. The van der Waals surface area contributed by atoms with Crippen LogP contribution in [0.25, 0.3) is 0 Å². The minimum absolute atomic E-state index is 0.145. The molecule has 0 aromatic rings. The summed E-state index contributed by atoms with van der Waals surface area (Å²) in [6, 6.07) is 0. The van der Waals surface area contributed by atoms with E-state index < -0.39 is 23.4 Å². The highest BCUT2D eigenvalue weighted by Gasteiger charge is 2.51. The Balaban J connectivity index is 1.59. The predicted octanol–water partition coefficient (Wildman–Crippen LogP) is 6.43. The molecule has 1 aliphatic heterocycles. The van der Waals surface area contributed by atoms with Crippen molar-refractivity contribution in [1.82, 2.24) is 0 Å². The Kier molecular flexibility index (Phi) is 7.16. The van der Waals surface area contributed by atoms with Crippen LogP contribution < -0.4 is 0 Å². The van der Waals surface area contributed by atoms with Gasteiger partial charge < -0.3 is 9.53 Å². The van der Waals surface area contributed by atoms with Gasteiger partial charge in [-0.2, -0.15) is 0 Å². The van der Waals surface area contributed by atoms with Crippen LogP contribution in [0.3, 0.4) is 0 Å². The monoisotopic (exact) mass is 508 g/mol. The maximum atomic E-state index is 13.4. The zero-order valence-corrected chi connectivity index (χ0v) is 24.4. The van der Waals surface area contributed by atoms with E-state index in [1.54, 1.807) is 0 Å². The third-order valence-electron chi connectivity index (χ3n) is 10.4. The number of rotatable bonds is 5. The van der Waals surface area contributed by atoms with Gasteiger partial charge in [0.25, 0.3) is 0 Å². The van der Waals surface area contributed by atoms with Gasteiger partial charge >= 0.3 is 0 Å². The summed E-state index contributed by atoms with van der Waals surface area (Å²) in [5.41, 5.74) is 3.91. The zero-order valence-electron chi connectivity index (χ0n) is 22.6. The number of allylic oxidation sites excluding steroid dienone is 1. The largest absolute Gasteiger partial charge is 0.414 e. The second-order valence-corrected chi connectivity index (χ2v) is 20.5. The minimum Gasteiger partial charge on any atom is -0.414 e. The van der Waals surface area contributed by atoms with Gasteiger partial charge in [0.2, 0.25) is 0 Å². The Morgan fingerprint density at radius 1 is 1.21 bits per heavy atom.